The van der Waals surface area contributed by atoms with Crippen molar-refractivity contribution in [3.8, 4) is 0 Å². The van der Waals surface area contributed by atoms with Crippen LogP contribution in [-0.2, 0) is 0 Å². The summed E-state index contributed by atoms with van der Waals surface area (Å²) in [6.07, 6.45) is 2.55. The van der Waals surface area contributed by atoms with Crippen molar-refractivity contribution in [3.05, 3.63) is 35.8 Å². The molecule has 0 aliphatic rings. The summed E-state index contributed by atoms with van der Waals surface area (Å²) in [6.45, 7) is 7.75. The molecule has 1 aromatic rings. The van der Waals surface area contributed by atoms with E-state index in [-0.39, 0.29) is 6.04 Å². The second-order valence-corrected chi connectivity index (χ2v) is 3.37. The van der Waals surface area contributed by atoms with E-state index in [1.54, 1.807) is 6.26 Å². The molecule has 0 amide bonds. The van der Waals surface area contributed by atoms with E-state index < -0.39 is 0 Å². The van der Waals surface area contributed by atoms with Crippen LogP contribution in [0.4, 0.5) is 0 Å². The number of aryl methyl sites for hydroxylation is 1. The number of rotatable bonds is 4. The van der Waals surface area contributed by atoms with Crippen molar-refractivity contribution < 1.29 is 4.42 Å². The fourth-order valence-corrected chi connectivity index (χ4v) is 1.27. The molecule has 72 valence electrons. The topological polar surface area (TPSA) is 51.2 Å². The standard InChI is InChI=1S/C10H16N2O/c1-7(2)4-10(12-11)9-5-8(3)13-6-9/h5-6,10,12H,1,4,11H2,2-3H3. The van der Waals surface area contributed by atoms with Gasteiger partial charge in [-0.15, -0.1) is 6.58 Å². The zero-order valence-electron chi connectivity index (χ0n) is 8.13. The summed E-state index contributed by atoms with van der Waals surface area (Å²) in [7, 11) is 0. The zero-order valence-corrected chi connectivity index (χ0v) is 8.13. The van der Waals surface area contributed by atoms with Gasteiger partial charge in [-0.25, -0.2) is 0 Å². The number of hydrogen-bond donors (Lipinski definition) is 2. The maximum absolute atomic E-state index is 5.43. The second kappa shape index (κ2) is 4.25. The van der Waals surface area contributed by atoms with Crippen molar-refractivity contribution >= 4 is 0 Å². The Kier molecular flexibility index (Phi) is 3.28. The SMILES string of the molecule is C=C(C)CC(NN)c1coc(C)c1. The molecule has 13 heavy (non-hydrogen) atoms. The third kappa shape index (κ3) is 2.72. The predicted octanol–water partition coefficient (Wildman–Crippen LogP) is 2.06. The molecule has 0 radical (unpaired) electrons. The molecule has 1 unspecified atom stereocenters. The fourth-order valence-electron chi connectivity index (χ4n) is 1.27. The molecule has 0 saturated carbocycles. The van der Waals surface area contributed by atoms with Crippen LogP contribution in [-0.4, -0.2) is 0 Å². The molecule has 3 nitrogen and oxygen atoms in total. The number of nitrogens with one attached hydrogen (secondary N) is 1. The average Bonchev–Trinajstić information content (AvgIpc) is 2.47. The summed E-state index contributed by atoms with van der Waals surface area (Å²) in [5, 5.41) is 0. The molecule has 3 heteroatoms. The van der Waals surface area contributed by atoms with Crippen molar-refractivity contribution in [1.82, 2.24) is 5.43 Å². The lowest BCUT2D eigenvalue weighted by atomic mass is 10.0. The Morgan fingerprint density at radius 1 is 1.77 bits per heavy atom. The summed E-state index contributed by atoms with van der Waals surface area (Å²) in [5.41, 5.74) is 4.91. The van der Waals surface area contributed by atoms with Crippen molar-refractivity contribution in [2.75, 3.05) is 0 Å². The lowest BCUT2D eigenvalue weighted by Crippen LogP contribution is -2.27. The maximum atomic E-state index is 5.43. The minimum Gasteiger partial charge on any atom is -0.469 e. The Bertz CT molecular complexity index is 291. The van der Waals surface area contributed by atoms with Gasteiger partial charge in [-0.1, -0.05) is 5.57 Å². The maximum Gasteiger partial charge on any atom is 0.101 e. The highest BCUT2D eigenvalue weighted by Crippen LogP contribution is 2.21. The van der Waals surface area contributed by atoms with E-state index in [9.17, 15) is 0 Å². The molecular formula is C10H16N2O. The predicted molar refractivity (Wildman–Crippen MR) is 52.9 cm³/mol. The van der Waals surface area contributed by atoms with Gasteiger partial charge in [-0.3, -0.25) is 11.3 Å². The van der Waals surface area contributed by atoms with Crippen LogP contribution in [0, 0.1) is 6.92 Å². The van der Waals surface area contributed by atoms with Crippen molar-refractivity contribution in [3.63, 3.8) is 0 Å². The molecule has 0 aliphatic carbocycles. The summed E-state index contributed by atoms with van der Waals surface area (Å²) in [4.78, 5) is 0. The smallest absolute Gasteiger partial charge is 0.101 e. The Balaban J connectivity index is 2.72. The Labute approximate surface area is 78.6 Å². The molecule has 1 rings (SSSR count). The first-order valence-corrected chi connectivity index (χ1v) is 4.29. The quantitative estimate of drug-likeness (QED) is 0.423. The summed E-state index contributed by atoms with van der Waals surface area (Å²) < 4.78 is 5.20. The minimum absolute atomic E-state index is 0.106. The van der Waals surface area contributed by atoms with E-state index >= 15 is 0 Å². The van der Waals surface area contributed by atoms with E-state index in [1.165, 1.54) is 0 Å². The highest BCUT2D eigenvalue weighted by Gasteiger charge is 2.11. The first kappa shape index (κ1) is 10.0. The number of hydrogen-bond acceptors (Lipinski definition) is 3. The van der Waals surface area contributed by atoms with Crippen LogP contribution in [0.15, 0.2) is 28.9 Å². The highest BCUT2D eigenvalue weighted by molar-refractivity contribution is 5.18. The molecule has 0 saturated heterocycles. The van der Waals surface area contributed by atoms with Crippen molar-refractivity contribution in [1.29, 1.82) is 0 Å². The van der Waals surface area contributed by atoms with Gasteiger partial charge in [0.15, 0.2) is 0 Å². The van der Waals surface area contributed by atoms with Crippen molar-refractivity contribution in [2.45, 2.75) is 26.3 Å². The van der Waals surface area contributed by atoms with Crippen LogP contribution in [0.2, 0.25) is 0 Å². The van der Waals surface area contributed by atoms with Crippen molar-refractivity contribution in [2.24, 2.45) is 5.84 Å². The largest absolute Gasteiger partial charge is 0.469 e. The number of furan rings is 1. The first-order valence-electron chi connectivity index (χ1n) is 4.29. The van der Waals surface area contributed by atoms with Gasteiger partial charge in [0.25, 0.3) is 0 Å². The summed E-state index contributed by atoms with van der Waals surface area (Å²) in [6, 6.07) is 2.09. The molecule has 0 aromatic carbocycles. The Hall–Kier alpha value is -1.06. The van der Waals surface area contributed by atoms with Gasteiger partial charge in [0, 0.05) is 5.56 Å². The molecule has 0 fully saturated rings. The lowest BCUT2D eigenvalue weighted by Gasteiger charge is -2.13. The molecule has 3 N–H and O–H groups in total. The van der Waals surface area contributed by atoms with Crippen LogP contribution in [0.1, 0.15) is 30.7 Å². The Morgan fingerprint density at radius 3 is 2.85 bits per heavy atom. The van der Waals surface area contributed by atoms with Crippen LogP contribution in [0.3, 0.4) is 0 Å². The monoisotopic (exact) mass is 180 g/mol. The molecule has 1 heterocycles. The van der Waals surface area contributed by atoms with Gasteiger partial charge < -0.3 is 4.42 Å². The Morgan fingerprint density at radius 2 is 2.46 bits per heavy atom. The van der Waals surface area contributed by atoms with Gasteiger partial charge in [0.05, 0.1) is 12.3 Å². The molecular weight excluding hydrogens is 164 g/mol. The van der Waals surface area contributed by atoms with Gasteiger partial charge in [0.1, 0.15) is 5.76 Å². The lowest BCUT2D eigenvalue weighted by molar-refractivity contribution is 0.511. The van der Waals surface area contributed by atoms with E-state index in [1.807, 2.05) is 19.9 Å². The van der Waals surface area contributed by atoms with Crippen LogP contribution in [0.5, 0.6) is 0 Å². The van der Waals surface area contributed by atoms with E-state index in [0.29, 0.717) is 0 Å². The third-order valence-corrected chi connectivity index (χ3v) is 1.91. The zero-order chi connectivity index (χ0) is 9.84. The third-order valence-electron chi connectivity index (χ3n) is 1.91. The average molecular weight is 180 g/mol. The van der Waals surface area contributed by atoms with E-state index in [0.717, 1.165) is 23.3 Å². The number of hydrazine groups is 1. The summed E-state index contributed by atoms with van der Waals surface area (Å²) >= 11 is 0. The highest BCUT2D eigenvalue weighted by atomic mass is 16.3. The van der Waals surface area contributed by atoms with E-state index in [4.69, 9.17) is 10.3 Å². The molecule has 1 aromatic heterocycles. The van der Waals surface area contributed by atoms with Gasteiger partial charge in [-0.05, 0) is 26.3 Å². The van der Waals surface area contributed by atoms with Crippen LogP contribution >= 0.6 is 0 Å². The molecule has 1 atom stereocenters. The molecule has 0 spiro atoms. The minimum atomic E-state index is 0.106. The molecule has 0 bridgehead atoms. The van der Waals surface area contributed by atoms with Gasteiger partial charge >= 0.3 is 0 Å². The van der Waals surface area contributed by atoms with Crippen LogP contribution < -0.4 is 11.3 Å². The second-order valence-electron chi connectivity index (χ2n) is 3.37. The molecule has 0 aliphatic heterocycles. The van der Waals surface area contributed by atoms with Gasteiger partial charge in [0.2, 0.25) is 0 Å². The fraction of sp³-hybridized carbons (Fsp3) is 0.400. The first-order chi connectivity index (χ1) is 6.13. The normalized spacial score (nSPS) is 12.8. The van der Waals surface area contributed by atoms with E-state index in [2.05, 4.69) is 12.0 Å². The summed E-state index contributed by atoms with van der Waals surface area (Å²) in [5.74, 6) is 6.33. The van der Waals surface area contributed by atoms with Crippen LogP contribution in [0.25, 0.3) is 0 Å². The van der Waals surface area contributed by atoms with Gasteiger partial charge in [-0.2, -0.15) is 0 Å². The number of nitrogens with two attached hydrogens (primary N) is 1.